The molecular weight excluding hydrogens is 452 g/mol. The summed E-state index contributed by atoms with van der Waals surface area (Å²) in [5.41, 5.74) is 10.5. The van der Waals surface area contributed by atoms with Gasteiger partial charge in [0.05, 0.1) is 27.8 Å². The highest BCUT2D eigenvalue weighted by Gasteiger charge is 2.36. The number of benzene rings is 4. The van der Waals surface area contributed by atoms with Crippen molar-refractivity contribution in [1.29, 1.82) is 0 Å². The molecular formula is C33H24N4. The van der Waals surface area contributed by atoms with Crippen molar-refractivity contribution < 1.29 is 0 Å². The Hall–Kier alpha value is -4.70. The van der Waals surface area contributed by atoms with E-state index in [1.54, 1.807) is 0 Å². The number of rotatable bonds is 2. The quantitative estimate of drug-likeness (QED) is 0.255. The van der Waals surface area contributed by atoms with Crippen LogP contribution in [0, 0.1) is 0 Å². The highest BCUT2D eigenvalue weighted by atomic mass is 15.1. The maximum Gasteiger partial charge on any atom is 0.145 e. The monoisotopic (exact) mass is 476 g/mol. The first-order valence-corrected chi connectivity index (χ1v) is 12.7. The van der Waals surface area contributed by atoms with Crippen LogP contribution in [0.1, 0.15) is 25.0 Å². The van der Waals surface area contributed by atoms with Crippen LogP contribution >= 0.6 is 0 Å². The maximum atomic E-state index is 5.14. The number of aromatic nitrogens is 4. The van der Waals surface area contributed by atoms with Crippen LogP contribution in [-0.4, -0.2) is 19.1 Å². The van der Waals surface area contributed by atoms with Crippen molar-refractivity contribution in [1.82, 2.24) is 19.1 Å². The predicted octanol–water partition coefficient (Wildman–Crippen LogP) is 7.82. The SMILES string of the molecule is CC1(C)c2ccc(-n3c4ccccc4c4ccccc43)cc2-n2c(-c3ccncc3)nc3cccc1c32. The van der Waals surface area contributed by atoms with Crippen LogP contribution in [0.25, 0.3) is 55.6 Å². The summed E-state index contributed by atoms with van der Waals surface area (Å²) in [5.74, 6) is 0.945. The van der Waals surface area contributed by atoms with E-state index >= 15 is 0 Å². The van der Waals surface area contributed by atoms with Gasteiger partial charge in [-0.1, -0.05) is 68.4 Å². The average molecular weight is 477 g/mol. The largest absolute Gasteiger partial charge is 0.309 e. The van der Waals surface area contributed by atoms with Crippen molar-refractivity contribution in [3.05, 3.63) is 121 Å². The molecule has 4 heterocycles. The maximum absolute atomic E-state index is 5.14. The molecule has 0 atom stereocenters. The lowest BCUT2D eigenvalue weighted by molar-refractivity contribution is 0.629. The van der Waals surface area contributed by atoms with E-state index < -0.39 is 0 Å². The molecule has 0 unspecified atom stereocenters. The number of hydrogen-bond donors (Lipinski definition) is 0. The van der Waals surface area contributed by atoms with E-state index in [4.69, 9.17) is 4.98 Å². The molecule has 8 rings (SSSR count). The Morgan fingerprint density at radius 3 is 2.08 bits per heavy atom. The zero-order valence-electron chi connectivity index (χ0n) is 20.7. The van der Waals surface area contributed by atoms with Gasteiger partial charge in [0.2, 0.25) is 0 Å². The standard InChI is InChI=1S/C33H24N4/c1-33(2)25-15-14-22(36-28-12-5-3-8-23(28)24-9-4-6-13-29(24)36)20-30(25)37-31-26(33)10-7-11-27(31)35-32(37)21-16-18-34-19-17-21/h3-20H,1-2H3. The zero-order chi connectivity index (χ0) is 24.7. The van der Waals surface area contributed by atoms with Crippen molar-refractivity contribution in [3.8, 4) is 22.8 Å². The Kier molecular flexibility index (Phi) is 3.97. The minimum Gasteiger partial charge on any atom is -0.309 e. The first-order chi connectivity index (χ1) is 18.1. The summed E-state index contributed by atoms with van der Waals surface area (Å²) in [6.45, 7) is 4.65. The molecule has 0 spiro atoms. The molecule has 0 aliphatic carbocycles. The molecule has 176 valence electrons. The van der Waals surface area contributed by atoms with Gasteiger partial charge in [0, 0.05) is 39.8 Å². The number of pyridine rings is 1. The van der Waals surface area contributed by atoms with Crippen LogP contribution in [0.15, 0.2) is 109 Å². The van der Waals surface area contributed by atoms with E-state index in [1.165, 1.54) is 44.1 Å². The first-order valence-electron chi connectivity index (χ1n) is 12.7. The number of hydrogen-bond acceptors (Lipinski definition) is 2. The van der Waals surface area contributed by atoms with Gasteiger partial charge in [-0.05, 0) is 53.6 Å². The molecule has 0 bridgehead atoms. The molecule has 1 aliphatic rings. The van der Waals surface area contributed by atoms with E-state index in [2.05, 4.69) is 113 Å². The number of nitrogens with zero attached hydrogens (tertiary/aromatic N) is 4. The Bertz CT molecular complexity index is 1950. The molecule has 7 aromatic rings. The van der Waals surface area contributed by atoms with Crippen molar-refractivity contribution in [3.63, 3.8) is 0 Å². The van der Waals surface area contributed by atoms with Crippen LogP contribution in [0.4, 0.5) is 0 Å². The second-order valence-electron chi connectivity index (χ2n) is 10.4. The number of fused-ring (bicyclic) bond motifs is 5. The Morgan fingerprint density at radius 1 is 0.649 bits per heavy atom. The summed E-state index contributed by atoms with van der Waals surface area (Å²) in [6.07, 6.45) is 3.68. The molecule has 0 radical (unpaired) electrons. The highest BCUT2D eigenvalue weighted by molar-refractivity contribution is 6.09. The van der Waals surface area contributed by atoms with Crippen molar-refractivity contribution >= 4 is 32.8 Å². The average Bonchev–Trinajstić information content (AvgIpc) is 3.49. The molecule has 0 amide bonds. The molecule has 0 saturated carbocycles. The topological polar surface area (TPSA) is 35.6 Å². The smallest absolute Gasteiger partial charge is 0.145 e. The molecule has 4 heteroatoms. The Labute approximate surface area is 214 Å². The van der Waals surface area contributed by atoms with Crippen LogP contribution in [0.3, 0.4) is 0 Å². The summed E-state index contributed by atoms with van der Waals surface area (Å²) in [5, 5.41) is 2.54. The van der Waals surface area contributed by atoms with E-state index in [0.717, 1.165) is 22.6 Å². The molecule has 0 fully saturated rings. The second-order valence-corrected chi connectivity index (χ2v) is 10.4. The van der Waals surface area contributed by atoms with Gasteiger partial charge >= 0.3 is 0 Å². The summed E-state index contributed by atoms with van der Waals surface area (Å²) in [6, 6.07) is 34.9. The lowest BCUT2D eigenvalue weighted by atomic mass is 9.74. The van der Waals surface area contributed by atoms with Crippen LogP contribution in [0.2, 0.25) is 0 Å². The lowest BCUT2D eigenvalue weighted by Gasteiger charge is -2.35. The van der Waals surface area contributed by atoms with Crippen molar-refractivity contribution in [2.45, 2.75) is 19.3 Å². The minimum atomic E-state index is -0.153. The minimum absolute atomic E-state index is 0.153. The zero-order valence-corrected chi connectivity index (χ0v) is 20.7. The summed E-state index contributed by atoms with van der Waals surface area (Å²) < 4.78 is 4.75. The van der Waals surface area contributed by atoms with Gasteiger partial charge in [0.25, 0.3) is 0 Å². The van der Waals surface area contributed by atoms with Crippen LogP contribution < -0.4 is 0 Å². The highest BCUT2D eigenvalue weighted by Crippen LogP contribution is 2.47. The van der Waals surface area contributed by atoms with Crippen molar-refractivity contribution in [2.24, 2.45) is 0 Å². The lowest BCUT2D eigenvalue weighted by Crippen LogP contribution is -2.26. The van der Waals surface area contributed by atoms with Gasteiger partial charge in [-0.2, -0.15) is 0 Å². The van der Waals surface area contributed by atoms with E-state index in [-0.39, 0.29) is 5.41 Å². The van der Waals surface area contributed by atoms with Crippen molar-refractivity contribution in [2.75, 3.05) is 0 Å². The van der Waals surface area contributed by atoms with Gasteiger partial charge in [0.1, 0.15) is 5.82 Å². The Balaban J connectivity index is 1.49. The second kappa shape index (κ2) is 7.17. The van der Waals surface area contributed by atoms with E-state index in [1.807, 2.05) is 24.5 Å². The number of imidazole rings is 1. The van der Waals surface area contributed by atoms with E-state index in [9.17, 15) is 0 Å². The molecule has 4 aromatic carbocycles. The summed E-state index contributed by atoms with van der Waals surface area (Å²) in [4.78, 5) is 9.38. The molecule has 1 aliphatic heterocycles. The molecule has 4 nitrogen and oxygen atoms in total. The molecule has 37 heavy (non-hydrogen) atoms. The third-order valence-corrected chi connectivity index (χ3v) is 8.02. The van der Waals surface area contributed by atoms with Gasteiger partial charge < -0.3 is 4.57 Å². The fraction of sp³-hybridized carbons (Fsp3) is 0.0909. The third-order valence-electron chi connectivity index (χ3n) is 8.02. The van der Waals surface area contributed by atoms with Crippen LogP contribution in [-0.2, 0) is 5.41 Å². The Morgan fingerprint density at radius 2 is 1.35 bits per heavy atom. The number of para-hydroxylation sites is 3. The van der Waals surface area contributed by atoms with E-state index in [0.29, 0.717) is 0 Å². The summed E-state index contributed by atoms with van der Waals surface area (Å²) >= 11 is 0. The normalized spacial score (nSPS) is 13.9. The predicted molar refractivity (Wildman–Crippen MR) is 151 cm³/mol. The summed E-state index contributed by atoms with van der Waals surface area (Å²) in [7, 11) is 0. The first kappa shape index (κ1) is 20.5. The fourth-order valence-corrected chi connectivity index (χ4v) is 6.28. The fourth-order valence-electron chi connectivity index (χ4n) is 6.28. The van der Waals surface area contributed by atoms with Gasteiger partial charge in [0.15, 0.2) is 0 Å². The van der Waals surface area contributed by atoms with Crippen LogP contribution in [0.5, 0.6) is 0 Å². The molecule has 0 saturated heterocycles. The van der Waals surface area contributed by atoms with Gasteiger partial charge in [-0.3, -0.25) is 9.55 Å². The van der Waals surface area contributed by atoms with Gasteiger partial charge in [-0.15, -0.1) is 0 Å². The third kappa shape index (κ3) is 2.67. The van der Waals surface area contributed by atoms with Gasteiger partial charge in [-0.25, -0.2) is 4.98 Å². The molecule has 3 aromatic heterocycles. The molecule has 0 N–H and O–H groups in total.